The zero-order valence-corrected chi connectivity index (χ0v) is 18.7. The van der Waals surface area contributed by atoms with Crippen LogP contribution >= 0.6 is 15.9 Å². The van der Waals surface area contributed by atoms with Crippen molar-refractivity contribution in [1.29, 1.82) is 0 Å². The van der Waals surface area contributed by atoms with Gasteiger partial charge >= 0.3 is 5.82 Å². The van der Waals surface area contributed by atoms with E-state index in [9.17, 15) is 14.9 Å². The molecule has 3 aromatic heterocycles. The number of carbonyl (C=O) groups is 1. The zero-order chi connectivity index (χ0) is 22.8. The number of carbonyl (C=O) groups excluding carboxylic acids is 1. The van der Waals surface area contributed by atoms with Gasteiger partial charge in [0, 0.05) is 16.7 Å². The van der Waals surface area contributed by atoms with Gasteiger partial charge in [0.25, 0.3) is 5.91 Å². The van der Waals surface area contributed by atoms with Crippen LogP contribution < -0.4 is 5.32 Å². The molecular weight excluding hydrogens is 482 g/mol. The SMILES string of the molecule is Cc1onc(C(=O)Nc2ccn(Cc3ccc(Br)cc3)n2)c1Cn1nc([N+](=O)[O-])cc1C. The monoisotopic (exact) mass is 499 g/mol. The van der Waals surface area contributed by atoms with Gasteiger partial charge in [-0.05, 0) is 36.5 Å². The molecule has 4 rings (SSSR count). The highest BCUT2D eigenvalue weighted by Crippen LogP contribution is 2.19. The third-order valence-electron chi connectivity index (χ3n) is 4.80. The Morgan fingerprint density at radius 1 is 1.19 bits per heavy atom. The lowest BCUT2D eigenvalue weighted by Crippen LogP contribution is -2.17. The van der Waals surface area contributed by atoms with Crippen LogP contribution in [0.1, 0.15) is 33.1 Å². The van der Waals surface area contributed by atoms with Crippen molar-refractivity contribution in [3.63, 3.8) is 0 Å². The van der Waals surface area contributed by atoms with Crippen LogP contribution in [-0.2, 0) is 13.1 Å². The Hall–Kier alpha value is -3.80. The smallest absolute Gasteiger partial charge is 0.361 e. The number of hydrogen-bond donors (Lipinski definition) is 1. The number of halogens is 1. The lowest BCUT2D eigenvalue weighted by molar-refractivity contribution is -0.389. The molecule has 0 aliphatic heterocycles. The third-order valence-corrected chi connectivity index (χ3v) is 5.33. The van der Waals surface area contributed by atoms with E-state index in [-0.39, 0.29) is 18.1 Å². The lowest BCUT2D eigenvalue weighted by Gasteiger charge is -2.04. The molecule has 12 heteroatoms. The minimum absolute atomic E-state index is 0.0718. The molecule has 1 amide bonds. The summed E-state index contributed by atoms with van der Waals surface area (Å²) >= 11 is 3.41. The molecule has 1 aromatic carbocycles. The van der Waals surface area contributed by atoms with Crippen LogP contribution in [-0.4, -0.2) is 35.5 Å². The summed E-state index contributed by atoms with van der Waals surface area (Å²) in [7, 11) is 0. The maximum Gasteiger partial charge on any atom is 0.390 e. The van der Waals surface area contributed by atoms with E-state index in [0.717, 1.165) is 10.0 Å². The van der Waals surface area contributed by atoms with Crippen molar-refractivity contribution in [3.8, 4) is 0 Å². The van der Waals surface area contributed by atoms with Crippen molar-refractivity contribution >= 4 is 33.5 Å². The van der Waals surface area contributed by atoms with Crippen LogP contribution in [0.2, 0.25) is 0 Å². The van der Waals surface area contributed by atoms with Crippen molar-refractivity contribution < 1.29 is 14.2 Å². The molecule has 0 bridgehead atoms. The van der Waals surface area contributed by atoms with Crippen molar-refractivity contribution in [1.82, 2.24) is 24.7 Å². The van der Waals surface area contributed by atoms with E-state index in [2.05, 4.69) is 36.6 Å². The number of nitrogens with one attached hydrogen (secondary N) is 1. The van der Waals surface area contributed by atoms with E-state index in [0.29, 0.717) is 29.4 Å². The van der Waals surface area contributed by atoms with Gasteiger partial charge in [0.15, 0.2) is 11.5 Å². The van der Waals surface area contributed by atoms with E-state index in [4.69, 9.17) is 4.52 Å². The molecule has 0 aliphatic carbocycles. The topological polar surface area (TPSA) is 134 Å². The number of nitro groups is 1. The highest BCUT2D eigenvalue weighted by molar-refractivity contribution is 9.10. The molecule has 3 heterocycles. The van der Waals surface area contributed by atoms with Crippen LogP contribution in [0.3, 0.4) is 0 Å². The number of aryl methyl sites for hydroxylation is 2. The minimum atomic E-state index is -0.567. The maximum absolute atomic E-state index is 12.8. The van der Waals surface area contributed by atoms with Crippen LogP contribution in [0.4, 0.5) is 11.6 Å². The minimum Gasteiger partial charge on any atom is -0.361 e. The van der Waals surface area contributed by atoms with Crippen LogP contribution in [0.25, 0.3) is 0 Å². The highest BCUT2D eigenvalue weighted by Gasteiger charge is 2.24. The fourth-order valence-corrected chi connectivity index (χ4v) is 3.38. The Labute approximate surface area is 190 Å². The first kappa shape index (κ1) is 21.4. The van der Waals surface area contributed by atoms with Crippen LogP contribution in [0, 0.1) is 24.0 Å². The van der Waals surface area contributed by atoms with E-state index in [1.54, 1.807) is 30.8 Å². The first-order valence-corrected chi connectivity index (χ1v) is 10.3. The van der Waals surface area contributed by atoms with E-state index in [1.807, 2.05) is 24.3 Å². The number of amides is 1. The Morgan fingerprint density at radius 2 is 1.94 bits per heavy atom. The number of nitrogens with zero attached hydrogens (tertiary/aromatic N) is 6. The maximum atomic E-state index is 12.8. The van der Waals surface area contributed by atoms with Crippen LogP contribution in [0.5, 0.6) is 0 Å². The van der Waals surface area contributed by atoms with Gasteiger partial charge in [-0.15, -0.1) is 0 Å². The second-order valence-electron chi connectivity index (χ2n) is 7.10. The van der Waals surface area contributed by atoms with Gasteiger partial charge in [0.05, 0.1) is 35.5 Å². The quantitative estimate of drug-likeness (QED) is 0.302. The molecule has 0 unspecified atom stereocenters. The summed E-state index contributed by atoms with van der Waals surface area (Å²) in [6.45, 7) is 4.02. The average molecular weight is 500 g/mol. The summed E-state index contributed by atoms with van der Waals surface area (Å²) in [6.07, 6.45) is 1.76. The fraction of sp³-hybridized carbons (Fsp3) is 0.200. The molecule has 32 heavy (non-hydrogen) atoms. The largest absolute Gasteiger partial charge is 0.390 e. The summed E-state index contributed by atoms with van der Waals surface area (Å²) in [5.74, 6) is 0.0297. The third kappa shape index (κ3) is 4.59. The molecule has 0 spiro atoms. The first-order chi connectivity index (χ1) is 15.3. The summed E-state index contributed by atoms with van der Waals surface area (Å²) in [6, 6.07) is 10.9. The predicted octanol–water partition coefficient (Wildman–Crippen LogP) is 3.70. The van der Waals surface area contributed by atoms with Crippen molar-refractivity contribution in [2.75, 3.05) is 5.32 Å². The van der Waals surface area contributed by atoms with Gasteiger partial charge in [-0.2, -0.15) is 9.78 Å². The summed E-state index contributed by atoms with van der Waals surface area (Å²) in [4.78, 5) is 23.2. The van der Waals surface area contributed by atoms with Crippen molar-refractivity contribution in [3.05, 3.63) is 85.5 Å². The zero-order valence-electron chi connectivity index (χ0n) is 17.1. The van der Waals surface area contributed by atoms with Gasteiger partial charge in [0.1, 0.15) is 5.76 Å². The molecule has 164 valence electrons. The second-order valence-corrected chi connectivity index (χ2v) is 8.02. The van der Waals surface area contributed by atoms with Gasteiger partial charge in [-0.3, -0.25) is 9.48 Å². The molecule has 1 N–H and O–H groups in total. The number of anilines is 1. The normalized spacial score (nSPS) is 11.0. The van der Waals surface area contributed by atoms with Gasteiger partial charge in [-0.1, -0.05) is 33.2 Å². The summed E-state index contributed by atoms with van der Waals surface area (Å²) in [5, 5.41) is 25.9. The molecule has 0 saturated carbocycles. The Bertz CT molecular complexity index is 1290. The van der Waals surface area contributed by atoms with E-state index < -0.39 is 10.8 Å². The molecular formula is C20H18BrN7O4. The van der Waals surface area contributed by atoms with E-state index in [1.165, 1.54) is 10.7 Å². The molecule has 0 atom stereocenters. The Balaban J connectivity index is 1.48. The second kappa shape index (κ2) is 8.75. The molecule has 4 aromatic rings. The van der Waals surface area contributed by atoms with Gasteiger partial charge in [-0.25, -0.2) is 0 Å². The van der Waals surface area contributed by atoms with E-state index >= 15 is 0 Å². The Kier molecular flexibility index (Phi) is 5.86. The van der Waals surface area contributed by atoms with Gasteiger partial charge in [0.2, 0.25) is 0 Å². The first-order valence-electron chi connectivity index (χ1n) is 9.53. The fourth-order valence-electron chi connectivity index (χ4n) is 3.12. The number of rotatable bonds is 7. The number of hydrogen-bond acceptors (Lipinski definition) is 7. The summed E-state index contributed by atoms with van der Waals surface area (Å²) < 4.78 is 9.33. The molecule has 0 aliphatic rings. The Morgan fingerprint density at radius 3 is 2.62 bits per heavy atom. The standard InChI is InChI=1S/C20H18BrN7O4/c1-12-9-18(28(30)31)24-27(12)11-16-13(2)32-25-19(16)20(29)22-17-7-8-26(23-17)10-14-3-5-15(21)6-4-14/h3-9H,10-11H2,1-2H3,(H,22,23,29). The highest BCUT2D eigenvalue weighted by atomic mass is 79.9. The molecule has 0 radical (unpaired) electrons. The molecule has 0 saturated heterocycles. The van der Waals surface area contributed by atoms with Crippen molar-refractivity contribution in [2.45, 2.75) is 26.9 Å². The average Bonchev–Trinajstić information content (AvgIpc) is 3.44. The molecule has 0 fully saturated rings. The lowest BCUT2D eigenvalue weighted by atomic mass is 10.2. The number of benzene rings is 1. The predicted molar refractivity (Wildman–Crippen MR) is 117 cm³/mol. The van der Waals surface area contributed by atoms with Crippen molar-refractivity contribution in [2.24, 2.45) is 0 Å². The number of aromatic nitrogens is 5. The van der Waals surface area contributed by atoms with Crippen LogP contribution in [0.15, 0.2) is 51.6 Å². The molecule has 11 nitrogen and oxygen atoms in total. The summed E-state index contributed by atoms with van der Waals surface area (Å²) in [5.41, 5.74) is 2.20. The van der Waals surface area contributed by atoms with Gasteiger partial charge < -0.3 is 20.0 Å².